The monoisotopic (exact) mass is 281 g/mol. The smallest absolute Gasteiger partial charge is 0.138 e. The summed E-state index contributed by atoms with van der Waals surface area (Å²) in [5, 5.41) is 1.26. The van der Waals surface area contributed by atoms with E-state index in [9.17, 15) is 0 Å². The Morgan fingerprint density at radius 3 is 2.28 bits per heavy atom. The minimum Gasteiger partial charge on any atom is -0.495 e. The van der Waals surface area contributed by atoms with E-state index >= 15 is 0 Å². The fraction of sp³-hybridized carbons (Fsp3) is 0.143. The van der Waals surface area contributed by atoms with Crippen LogP contribution in [0, 0.1) is 0 Å². The molecule has 0 aliphatic rings. The van der Waals surface area contributed by atoms with E-state index in [4.69, 9.17) is 33.7 Å². The fourth-order valence-electron chi connectivity index (χ4n) is 1.73. The lowest BCUT2D eigenvalue weighted by Gasteiger charge is -2.08. The molecule has 2 nitrogen and oxygen atoms in total. The molecule has 0 saturated carbocycles. The summed E-state index contributed by atoms with van der Waals surface area (Å²) in [5.74, 6) is 0.646. The van der Waals surface area contributed by atoms with E-state index in [2.05, 4.69) is 0 Å². The lowest BCUT2D eigenvalue weighted by Crippen LogP contribution is -1.97. The highest BCUT2D eigenvalue weighted by molar-refractivity contribution is 6.32. The first-order chi connectivity index (χ1) is 8.65. The maximum absolute atomic E-state index is 6.15. The van der Waals surface area contributed by atoms with Gasteiger partial charge in [0.1, 0.15) is 5.75 Å². The first kappa shape index (κ1) is 13.2. The van der Waals surface area contributed by atoms with E-state index in [-0.39, 0.29) is 0 Å². The summed E-state index contributed by atoms with van der Waals surface area (Å²) in [7, 11) is 1.59. The van der Waals surface area contributed by atoms with E-state index in [0.29, 0.717) is 22.3 Å². The standard InChI is InChI=1S/C14H13Cl2NO/c1-18-14-7-10(4-5-12(14)15)9-2-3-11(8-17)13(16)6-9/h2-7H,8,17H2,1H3. The predicted octanol–water partition coefficient (Wildman–Crippen LogP) is 4.13. The van der Waals surface area contributed by atoms with Gasteiger partial charge in [-0.2, -0.15) is 0 Å². The van der Waals surface area contributed by atoms with Gasteiger partial charge in [-0.05, 0) is 34.9 Å². The molecule has 0 unspecified atom stereocenters. The molecule has 2 N–H and O–H groups in total. The number of halogens is 2. The van der Waals surface area contributed by atoms with Crippen molar-refractivity contribution in [3.63, 3.8) is 0 Å². The van der Waals surface area contributed by atoms with Crippen LogP contribution in [0.4, 0.5) is 0 Å². The van der Waals surface area contributed by atoms with Gasteiger partial charge >= 0.3 is 0 Å². The zero-order valence-corrected chi connectivity index (χ0v) is 11.4. The SMILES string of the molecule is COc1cc(-c2ccc(CN)c(Cl)c2)ccc1Cl. The predicted molar refractivity (Wildman–Crippen MR) is 76.3 cm³/mol. The average Bonchev–Trinajstić information content (AvgIpc) is 2.39. The molecule has 0 atom stereocenters. The lowest BCUT2D eigenvalue weighted by molar-refractivity contribution is 0.415. The minimum absolute atomic E-state index is 0.434. The second-order valence-corrected chi connectivity index (χ2v) is 4.67. The summed E-state index contributed by atoms with van der Waals surface area (Å²) in [4.78, 5) is 0. The van der Waals surface area contributed by atoms with Crippen molar-refractivity contribution in [1.82, 2.24) is 0 Å². The van der Waals surface area contributed by atoms with E-state index in [1.54, 1.807) is 13.2 Å². The molecule has 18 heavy (non-hydrogen) atoms. The van der Waals surface area contributed by atoms with Gasteiger partial charge < -0.3 is 10.5 Å². The van der Waals surface area contributed by atoms with Crippen LogP contribution in [-0.2, 0) is 6.54 Å². The highest BCUT2D eigenvalue weighted by Crippen LogP contribution is 2.32. The van der Waals surface area contributed by atoms with E-state index in [1.807, 2.05) is 30.3 Å². The molecule has 2 aromatic carbocycles. The Morgan fingerprint density at radius 1 is 1.00 bits per heavy atom. The molecular formula is C14H13Cl2NO. The highest BCUT2D eigenvalue weighted by atomic mass is 35.5. The van der Waals surface area contributed by atoms with Crippen LogP contribution in [0.3, 0.4) is 0 Å². The van der Waals surface area contributed by atoms with Gasteiger partial charge in [0.05, 0.1) is 12.1 Å². The molecule has 94 valence electrons. The summed E-state index contributed by atoms with van der Waals surface area (Å²) in [6.07, 6.45) is 0. The van der Waals surface area contributed by atoms with Crippen molar-refractivity contribution < 1.29 is 4.74 Å². The normalized spacial score (nSPS) is 10.4. The van der Waals surface area contributed by atoms with Crippen molar-refractivity contribution in [1.29, 1.82) is 0 Å². The molecular weight excluding hydrogens is 269 g/mol. The second-order valence-electron chi connectivity index (χ2n) is 3.86. The van der Waals surface area contributed by atoms with E-state index in [1.165, 1.54) is 0 Å². The molecule has 0 spiro atoms. The van der Waals surface area contributed by atoms with Crippen LogP contribution in [0.2, 0.25) is 10.0 Å². The van der Waals surface area contributed by atoms with Crippen LogP contribution >= 0.6 is 23.2 Å². The zero-order chi connectivity index (χ0) is 13.1. The molecule has 0 bridgehead atoms. The highest BCUT2D eigenvalue weighted by Gasteiger charge is 2.06. The number of benzene rings is 2. The van der Waals surface area contributed by atoms with Crippen molar-refractivity contribution in [2.24, 2.45) is 5.73 Å². The summed E-state index contributed by atoms with van der Waals surface area (Å²) in [6, 6.07) is 11.4. The Labute approximate surface area is 116 Å². The quantitative estimate of drug-likeness (QED) is 0.918. The number of ether oxygens (including phenoxy) is 1. The van der Waals surface area contributed by atoms with Gasteiger partial charge in [-0.25, -0.2) is 0 Å². The second kappa shape index (κ2) is 5.61. The van der Waals surface area contributed by atoms with Gasteiger partial charge in [0.2, 0.25) is 0 Å². The Morgan fingerprint density at radius 2 is 1.67 bits per heavy atom. The van der Waals surface area contributed by atoms with E-state index in [0.717, 1.165) is 16.7 Å². The third-order valence-corrected chi connectivity index (χ3v) is 3.42. The Balaban J connectivity index is 2.45. The van der Waals surface area contributed by atoms with Gasteiger partial charge in [-0.15, -0.1) is 0 Å². The molecule has 0 aromatic heterocycles. The molecule has 0 heterocycles. The number of methoxy groups -OCH3 is 1. The maximum Gasteiger partial charge on any atom is 0.138 e. The van der Waals surface area contributed by atoms with Crippen LogP contribution in [0.1, 0.15) is 5.56 Å². The maximum atomic E-state index is 6.15. The Hall–Kier alpha value is -1.22. The van der Waals surface area contributed by atoms with Crippen molar-refractivity contribution in [3.05, 3.63) is 52.0 Å². The van der Waals surface area contributed by atoms with Gasteiger partial charge in [0.15, 0.2) is 0 Å². The molecule has 0 radical (unpaired) electrons. The van der Waals surface area contributed by atoms with Crippen molar-refractivity contribution in [2.75, 3.05) is 7.11 Å². The first-order valence-electron chi connectivity index (χ1n) is 5.48. The molecule has 0 aliphatic heterocycles. The van der Waals surface area contributed by atoms with Crippen LogP contribution in [0.5, 0.6) is 5.75 Å². The first-order valence-corrected chi connectivity index (χ1v) is 6.23. The molecule has 4 heteroatoms. The van der Waals surface area contributed by atoms with Gasteiger partial charge in [-0.1, -0.05) is 41.4 Å². The molecule has 0 fully saturated rings. The molecule has 0 amide bonds. The van der Waals surface area contributed by atoms with E-state index < -0.39 is 0 Å². The zero-order valence-electron chi connectivity index (χ0n) is 9.91. The molecule has 2 aromatic rings. The fourth-order valence-corrected chi connectivity index (χ4v) is 2.18. The lowest BCUT2D eigenvalue weighted by atomic mass is 10.0. The Bertz CT molecular complexity index is 570. The third-order valence-electron chi connectivity index (χ3n) is 2.76. The molecule has 0 saturated heterocycles. The van der Waals surface area contributed by atoms with Crippen LogP contribution in [0.25, 0.3) is 11.1 Å². The molecule has 2 rings (SSSR count). The number of nitrogens with two attached hydrogens (primary N) is 1. The van der Waals surface area contributed by atoms with Crippen molar-refractivity contribution in [3.8, 4) is 16.9 Å². The van der Waals surface area contributed by atoms with Crippen LogP contribution < -0.4 is 10.5 Å². The third kappa shape index (κ3) is 2.61. The summed E-state index contributed by atoms with van der Waals surface area (Å²) in [6.45, 7) is 0.434. The number of rotatable bonds is 3. The Kier molecular flexibility index (Phi) is 4.12. The number of hydrogen-bond donors (Lipinski definition) is 1. The topological polar surface area (TPSA) is 35.2 Å². The van der Waals surface area contributed by atoms with Crippen LogP contribution in [-0.4, -0.2) is 7.11 Å². The summed E-state index contributed by atoms with van der Waals surface area (Å²) >= 11 is 12.1. The summed E-state index contributed by atoms with van der Waals surface area (Å²) < 4.78 is 5.20. The summed E-state index contributed by atoms with van der Waals surface area (Å²) in [5.41, 5.74) is 8.52. The average molecular weight is 282 g/mol. The minimum atomic E-state index is 0.434. The van der Waals surface area contributed by atoms with Gasteiger partial charge in [-0.3, -0.25) is 0 Å². The number of hydrogen-bond acceptors (Lipinski definition) is 2. The van der Waals surface area contributed by atoms with Crippen molar-refractivity contribution >= 4 is 23.2 Å². The largest absolute Gasteiger partial charge is 0.495 e. The van der Waals surface area contributed by atoms with Gasteiger partial charge in [0.25, 0.3) is 0 Å². The van der Waals surface area contributed by atoms with Crippen LogP contribution in [0.15, 0.2) is 36.4 Å². The van der Waals surface area contributed by atoms with Gasteiger partial charge in [0, 0.05) is 11.6 Å². The van der Waals surface area contributed by atoms with Crippen molar-refractivity contribution in [2.45, 2.75) is 6.54 Å². The molecule has 0 aliphatic carbocycles.